The van der Waals surface area contributed by atoms with Crippen LogP contribution in [0.25, 0.3) is 0 Å². The largest absolute Gasteiger partial charge is 0.383 e. The standard InChI is InChI=1S/C26H32N4O3S/c1-19(2)21-9-11-22(12-10-21)28-26(32)30(15-16-33-3)17-24-29-23(18-34-24)25(31)27-14-13-20-7-5-4-6-8-20/h4-12,18-19H,13-17H2,1-3H3,(H,27,31)(H,28,32). The number of nitrogens with zero attached hydrogens (tertiary/aromatic N) is 2. The third kappa shape index (κ3) is 7.67. The van der Waals surface area contributed by atoms with E-state index in [0.717, 1.165) is 12.1 Å². The van der Waals surface area contributed by atoms with E-state index in [-0.39, 0.29) is 11.9 Å². The summed E-state index contributed by atoms with van der Waals surface area (Å²) < 4.78 is 5.17. The molecule has 34 heavy (non-hydrogen) atoms. The van der Waals surface area contributed by atoms with Gasteiger partial charge in [-0.3, -0.25) is 4.79 Å². The van der Waals surface area contributed by atoms with Crippen LogP contribution in [0.3, 0.4) is 0 Å². The predicted octanol–water partition coefficient (Wildman–Crippen LogP) is 4.92. The molecule has 0 aliphatic heterocycles. The normalized spacial score (nSPS) is 10.8. The van der Waals surface area contributed by atoms with Crippen molar-refractivity contribution in [3.05, 3.63) is 81.8 Å². The molecule has 0 aliphatic carbocycles. The quantitative estimate of drug-likeness (QED) is 0.408. The van der Waals surface area contributed by atoms with Crippen LogP contribution >= 0.6 is 11.3 Å². The van der Waals surface area contributed by atoms with E-state index in [1.165, 1.54) is 22.5 Å². The molecule has 8 heteroatoms. The number of benzene rings is 2. The number of hydrogen-bond acceptors (Lipinski definition) is 5. The Labute approximate surface area is 205 Å². The molecule has 0 spiro atoms. The van der Waals surface area contributed by atoms with Crippen molar-refractivity contribution in [2.45, 2.75) is 32.7 Å². The first-order chi connectivity index (χ1) is 16.5. The molecule has 1 aromatic heterocycles. The second-order valence-electron chi connectivity index (χ2n) is 8.24. The summed E-state index contributed by atoms with van der Waals surface area (Å²) in [5.41, 5.74) is 3.48. The van der Waals surface area contributed by atoms with Crippen LogP contribution in [-0.4, -0.2) is 48.6 Å². The topological polar surface area (TPSA) is 83.6 Å². The van der Waals surface area contributed by atoms with Crippen LogP contribution in [-0.2, 0) is 17.7 Å². The van der Waals surface area contributed by atoms with Gasteiger partial charge in [-0.25, -0.2) is 9.78 Å². The van der Waals surface area contributed by atoms with Crippen molar-refractivity contribution >= 4 is 29.0 Å². The number of methoxy groups -OCH3 is 1. The minimum atomic E-state index is -0.238. The number of urea groups is 1. The summed E-state index contributed by atoms with van der Waals surface area (Å²) in [4.78, 5) is 31.5. The van der Waals surface area contributed by atoms with E-state index in [4.69, 9.17) is 4.74 Å². The lowest BCUT2D eigenvalue weighted by molar-refractivity contribution is 0.0949. The van der Waals surface area contributed by atoms with Crippen LogP contribution in [0.5, 0.6) is 0 Å². The molecule has 0 bridgehead atoms. The Bertz CT molecular complexity index is 1050. The highest BCUT2D eigenvalue weighted by Gasteiger charge is 2.18. The van der Waals surface area contributed by atoms with Gasteiger partial charge in [-0.1, -0.05) is 56.3 Å². The fraction of sp³-hybridized carbons (Fsp3) is 0.346. The molecule has 7 nitrogen and oxygen atoms in total. The fourth-order valence-electron chi connectivity index (χ4n) is 3.31. The summed E-state index contributed by atoms with van der Waals surface area (Å²) in [7, 11) is 1.60. The zero-order valence-electron chi connectivity index (χ0n) is 19.9. The van der Waals surface area contributed by atoms with E-state index in [1.807, 2.05) is 54.6 Å². The molecular formula is C26H32N4O3S. The summed E-state index contributed by atoms with van der Waals surface area (Å²) in [6, 6.07) is 17.6. The molecule has 0 aliphatic rings. The first kappa shape index (κ1) is 25.4. The second kappa shape index (κ2) is 12.9. The Balaban J connectivity index is 1.56. The Hall–Kier alpha value is -3.23. The Kier molecular flexibility index (Phi) is 9.61. The second-order valence-corrected chi connectivity index (χ2v) is 9.18. The lowest BCUT2D eigenvalue weighted by Gasteiger charge is -2.22. The van der Waals surface area contributed by atoms with Crippen LogP contribution in [0.1, 0.15) is 46.4 Å². The Morgan fingerprint density at radius 1 is 1.09 bits per heavy atom. The maximum Gasteiger partial charge on any atom is 0.322 e. The highest BCUT2D eigenvalue weighted by Crippen LogP contribution is 2.18. The van der Waals surface area contributed by atoms with Gasteiger partial charge in [-0.15, -0.1) is 11.3 Å². The first-order valence-corrected chi connectivity index (χ1v) is 12.3. The molecule has 3 aromatic rings. The zero-order valence-corrected chi connectivity index (χ0v) is 20.7. The summed E-state index contributed by atoms with van der Waals surface area (Å²) in [5, 5.41) is 8.26. The third-order valence-electron chi connectivity index (χ3n) is 5.33. The third-order valence-corrected chi connectivity index (χ3v) is 6.17. The maximum absolute atomic E-state index is 12.9. The molecule has 3 amide bonds. The van der Waals surface area contributed by atoms with Crippen molar-refractivity contribution in [1.82, 2.24) is 15.2 Å². The smallest absolute Gasteiger partial charge is 0.322 e. The maximum atomic E-state index is 12.9. The molecule has 1 heterocycles. The molecule has 0 atom stereocenters. The molecule has 0 radical (unpaired) electrons. The van der Waals surface area contributed by atoms with Gasteiger partial charge >= 0.3 is 6.03 Å². The van der Waals surface area contributed by atoms with Crippen LogP contribution in [0.15, 0.2) is 60.0 Å². The molecule has 2 N–H and O–H groups in total. The van der Waals surface area contributed by atoms with E-state index in [2.05, 4.69) is 29.5 Å². The van der Waals surface area contributed by atoms with Crippen molar-refractivity contribution in [2.24, 2.45) is 0 Å². The Morgan fingerprint density at radius 3 is 2.50 bits per heavy atom. The summed E-state index contributed by atoms with van der Waals surface area (Å²) in [5.74, 6) is 0.217. The van der Waals surface area contributed by atoms with Crippen LogP contribution in [0.4, 0.5) is 10.5 Å². The molecule has 2 aromatic carbocycles. The molecule has 0 saturated carbocycles. The number of nitrogens with one attached hydrogen (secondary N) is 2. The van der Waals surface area contributed by atoms with Crippen molar-refractivity contribution in [1.29, 1.82) is 0 Å². The van der Waals surface area contributed by atoms with Crippen molar-refractivity contribution in [2.75, 3.05) is 32.1 Å². The number of anilines is 1. The van der Waals surface area contributed by atoms with Gasteiger partial charge < -0.3 is 20.3 Å². The van der Waals surface area contributed by atoms with Gasteiger partial charge in [0.1, 0.15) is 10.7 Å². The van der Waals surface area contributed by atoms with Crippen molar-refractivity contribution in [3.8, 4) is 0 Å². The molecule has 0 fully saturated rings. The van der Waals surface area contributed by atoms with Gasteiger partial charge in [0, 0.05) is 31.3 Å². The van der Waals surface area contributed by atoms with Gasteiger partial charge in [0.15, 0.2) is 0 Å². The average molecular weight is 481 g/mol. The number of hydrogen-bond donors (Lipinski definition) is 2. The lowest BCUT2D eigenvalue weighted by atomic mass is 10.0. The minimum Gasteiger partial charge on any atom is -0.383 e. The molecular weight excluding hydrogens is 448 g/mol. The first-order valence-electron chi connectivity index (χ1n) is 11.4. The van der Waals surface area contributed by atoms with Crippen molar-refractivity contribution < 1.29 is 14.3 Å². The monoisotopic (exact) mass is 480 g/mol. The van der Waals surface area contributed by atoms with E-state index in [9.17, 15) is 9.59 Å². The highest BCUT2D eigenvalue weighted by molar-refractivity contribution is 7.09. The van der Waals surface area contributed by atoms with Gasteiger partial charge in [-0.05, 0) is 35.6 Å². The minimum absolute atomic E-state index is 0.212. The number of rotatable bonds is 11. The Morgan fingerprint density at radius 2 is 1.82 bits per heavy atom. The molecule has 180 valence electrons. The van der Waals surface area contributed by atoms with Gasteiger partial charge in [0.05, 0.1) is 13.2 Å². The number of carbonyl (C=O) groups is 2. The molecule has 0 unspecified atom stereocenters. The van der Waals surface area contributed by atoms with E-state index in [0.29, 0.717) is 42.9 Å². The summed E-state index contributed by atoms with van der Waals surface area (Å²) >= 11 is 1.36. The van der Waals surface area contributed by atoms with Gasteiger partial charge in [0.2, 0.25) is 0 Å². The van der Waals surface area contributed by atoms with E-state index >= 15 is 0 Å². The summed E-state index contributed by atoms with van der Waals surface area (Å²) in [6.07, 6.45) is 0.757. The molecule has 0 saturated heterocycles. The lowest BCUT2D eigenvalue weighted by Crippen LogP contribution is -2.36. The van der Waals surface area contributed by atoms with Crippen LogP contribution in [0, 0.1) is 0 Å². The summed E-state index contributed by atoms with van der Waals surface area (Å²) in [6.45, 7) is 5.90. The van der Waals surface area contributed by atoms with Gasteiger partial charge in [-0.2, -0.15) is 0 Å². The van der Waals surface area contributed by atoms with Crippen molar-refractivity contribution in [3.63, 3.8) is 0 Å². The van der Waals surface area contributed by atoms with Crippen LogP contribution < -0.4 is 10.6 Å². The number of thiazole rings is 1. The number of amides is 3. The number of ether oxygens (including phenoxy) is 1. The van der Waals surface area contributed by atoms with E-state index in [1.54, 1.807) is 17.4 Å². The number of carbonyl (C=O) groups excluding carboxylic acids is 2. The van der Waals surface area contributed by atoms with Crippen LogP contribution in [0.2, 0.25) is 0 Å². The predicted molar refractivity (Wildman–Crippen MR) is 136 cm³/mol. The number of aromatic nitrogens is 1. The SMILES string of the molecule is COCCN(Cc1nc(C(=O)NCCc2ccccc2)cs1)C(=O)Nc1ccc(C(C)C)cc1. The van der Waals surface area contributed by atoms with Gasteiger partial charge in [0.25, 0.3) is 5.91 Å². The van der Waals surface area contributed by atoms with E-state index < -0.39 is 0 Å². The highest BCUT2D eigenvalue weighted by atomic mass is 32.1. The zero-order chi connectivity index (χ0) is 24.3. The fourth-order valence-corrected chi connectivity index (χ4v) is 4.10. The molecule has 3 rings (SSSR count). The average Bonchev–Trinajstić information content (AvgIpc) is 3.31.